The van der Waals surface area contributed by atoms with E-state index in [0.717, 1.165) is 33.5 Å². The van der Waals surface area contributed by atoms with Crippen LogP contribution in [0, 0.1) is 20.8 Å². The van der Waals surface area contributed by atoms with Crippen LogP contribution >= 0.6 is 0 Å². The second-order valence-electron chi connectivity index (χ2n) is 6.67. The van der Waals surface area contributed by atoms with E-state index in [1.165, 1.54) is 13.3 Å². The van der Waals surface area contributed by atoms with Crippen molar-refractivity contribution < 1.29 is 14.3 Å². The van der Waals surface area contributed by atoms with Gasteiger partial charge in [0.25, 0.3) is 0 Å². The summed E-state index contributed by atoms with van der Waals surface area (Å²) in [6, 6.07) is 6.02. The second-order valence-corrected chi connectivity index (χ2v) is 6.67. The van der Waals surface area contributed by atoms with Crippen molar-refractivity contribution in [3.63, 3.8) is 0 Å². The summed E-state index contributed by atoms with van der Waals surface area (Å²) in [4.78, 5) is 18.9. The van der Waals surface area contributed by atoms with Crippen LogP contribution in [0.1, 0.15) is 23.7 Å². The summed E-state index contributed by atoms with van der Waals surface area (Å²) >= 11 is 0. The largest absolute Gasteiger partial charge is 0.484 e. The zero-order valence-corrected chi connectivity index (χ0v) is 15.7. The molecular weight excluding hydrogens is 344 g/mol. The molecule has 0 amide bonds. The highest BCUT2D eigenvalue weighted by Gasteiger charge is 2.17. The molecule has 7 nitrogen and oxygen atoms in total. The van der Waals surface area contributed by atoms with Gasteiger partial charge in [0.2, 0.25) is 5.88 Å². The zero-order valence-electron chi connectivity index (χ0n) is 15.7. The number of hydrogen-bond donors (Lipinski definition) is 1. The van der Waals surface area contributed by atoms with Crippen LogP contribution in [0.4, 0.5) is 0 Å². The molecule has 0 saturated heterocycles. The maximum Gasteiger partial charge on any atom is 0.247 e. The summed E-state index contributed by atoms with van der Waals surface area (Å²) in [5, 5.41) is 5.34. The Hall–Kier alpha value is -3.35. The smallest absolute Gasteiger partial charge is 0.247 e. The SMILES string of the molecule is CC(=O)COc1cn2ncnc(Oc3ccc4[nH]c(C)cc4c3C)c2c1C. The molecule has 0 atom stereocenters. The lowest BCUT2D eigenvalue weighted by molar-refractivity contribution is -0.118. The monoisotopic (exact) mass is 364 g/mol. The van der Waals surface area contributed by atoms with Crippen molar-refractivity contribution in [2.75, 3.05) is 6.61 Å². The van der Waals surface area contributed by atoms with Gasteiger partial charge in [0.1, 0.15) is 29.9 Å². The van der Waals surface area contributed by atoms with Gasteiger partial charge in [-0.3, -0.25) is 4.79 Å². The Kier molecular flexibility index (Phi) is 4.07. The Bertz CT molecular complexity index is 1170. The molecule has 0 fully saturated rings. The van der Waals surface area contributed by atoms with Gasteiger partial charge in [-0.2, -0.15) is 10.1 Å². The third-order valence-corrected chi connectivity index (χ3v) is 4.54. The number of nitrogens with zero attached hydrogens (tertiary/aromatic N) is 3. The first kappa shape index (κ1) is 17.1. The molecule has 0 bridgehead atoms. The highest BCUT2D eigenvalue weighted by molar-refractivity contribution is 5.86. The van der Waals surface area contributed by atoms with Crippen molar-refractivity contribution in [3.8, 4) is 17.4 Å². The number of benzene rings is 1. The summed E-state index contributed by atoms with van der Waals surface area (Å²) in [5.41, 5.74) is 4.74. The molecule has 3 heterocycles. The minimum Gasteiger partial charge on any atom is -0.484 e. The molecule has 0 unspecified atom stereocenters. The van der Waals surface area contributed by atoms with Crippen LogP contribution in [-0.2, 0) is 4.79 Å². The molecule has 4 rings (SSSR count). The molecule has 4 aromatic rings. The molecule has 0 saturated carbocycles. The Labute approximate surface area is 155 Å². The van der Waals surface area contributed by atoms with Crippen molar-refractivity contribution >= 4 is 22.2 Å². The standard InChI is InChI=1S/C20H20N4O3/c1-11-7-15-13(3)17(6-5-16(15)23-11)27-20-19-14(4)18(26-9-12(2)25)8-24(19)22-10-21-20/h5-8,10,23H,9H2,1-4H3. The number of carbonyl (C=O) groups excluding carboxylic acids is 1. The number of H-pyrrole nitrogens is 1. The lowest BCUT2D eigenvalue weighted by Gasteiger charge is -2.10. The van der Waals surface area contributed by atoms with Crippen molar-refractivity contribution in [1.29, 1.82) is 0 Å². The number of nitrogens with one attached hydrogen (secondary N) is 1. The van der Waals surface area contributed by atoms with Crippen LogP contribution in [-0.4, -0.2) is 32.0 Å². The van der Waals surface area contributed by atoms with Crippen molar-refractivity contribution in [2.45, 2.75) is 27.7 Å². The number of fused-ring (bicyclic) bond motifs is 2. The van der Waals surface area contributed by atoms with Crippen LogP contribution in [0.3, 0.4) is 0 Å². The van der Waals surface area contributed by atoms with E-state index >= 15 is 0 Å². The van der Waals surface area contributed by atoms with E-state index in [-0.39, 0.29) is 12.4 Å². The molecular formula is C20H20N4O3. The van der Waals surface area contributed by atoms with Gasteiger partial charge < -0.3 is 14.5 Å². The Balaban J connectivity index is 1.76. The van der Waals surface area contributed by atoms with Crippen LogP contribution in [0.5, 0.6) is 17.4 Å². The molecule has 7 heteroatoms. The van der Waals surface area contributed by atoms with E-state index < -0.39 is 0 Å². The van der Waals surface area contributed by atoms with Crippen molar-refractivity contribution in [3.05, 3.63) is 47.5 Å². The topological polar surface area (TPSA) is 81.5 Å². The number of Topliss-reactive ketones (excluding diaryl/α,β-unsaturated/α-hetero) is 1. The van der Waals surface area contributed by atoms with E-state index in [4.69, 9.17) is 9.47 Å². The van der Waals surface area contributed by atoms with Crippen LogP contribution in [0.25, 0.3) is 16.4 Å². The molecule has 27 heavy (non-hydrogen) atoms. The van der Waals surface area contributed by atoms with Gasteiger partial charge in [0, 0.05) is 27.7 Å². The number of rotatable bonds is 5. The first-order valence-corrected chi connectivity index (χ1v) is 8.66. The lowest BCUT2D eigenvalue weighted by Crippen LogP contribution is -2.06. The van der Waals surface area contributed by atoms with Gasteiger partial charge in [-0.15, -0.1) is 0 Å². The Morgan fingerprint density at radius 1 is 1.19 bits per heavy atom. The highest BCUT2D eigenvalue weighted by Crippen LogP contribution is 2.35. The fraction of sp³-hybridized carbons (Fsp3) is 0.250. The minimum atomic E-state index is -0.0436. The molecule has 0 aliphatic rings. The maximum absolute atomic E-state index is 11.2. The van der Waals surface area contributed by atoms with Gasteiger partial charge in [0.05, 0.1) is 6.20 Å². The predicted molar refractivity (Wildman–Crippen MR) is 102 cm³/mol. The van der Waals surface area contributed by atoms with Gasteiger partial charge >= 0.3 is 0 Å². The number of aromatic amines is 1. The first-order chi connectivity index (χ1) is 12.9. The fourth-order valence-corrected chi connectivity index (χ4v) is 3.19. The number of aromatic nitrogens is 4. The Morgan fingerprint density at radius 2 is 2.00 bits per heavy atom. The van der Waals surface area contributed by atoms with Gasteiger partial charge in [-0.25, -0.2) is 4.52 Å². The summed E-state index contributed by atoms with van der Waals surface area (Å²) in [6.45, 7) is 7.45. The van der Waals surface area contributed by atoms with Crippen molar-refractivity contribution in [1.82, 2.24) is 19.6 Å². The van der Waals surface area contributed by atoms with E-state index in [2.05, 4.69) is 21.1 Å². The summed E-state index contributed by atoms with van der Waals surface area (Å²) in [5.74, 6) is 1.71. The van der Waals surface area contributed by atoms with Gasteiger partial charge in [0.15, 0.2) is 5.78 Å². The molecule has 1 aromatic carbocycles. The molecule has 0 spiro atoms. The van der Waals surface area contributed by atoms with E-state index in [1.54, 1.807) is 10.7 Å². The zero-order chi connectivity index (χ0) is 19.1. The summed E-state index contributed by atoms with van der Waals surface area (Å²) in [7, 11) is 0. The average Bonchev–Trinajstić information content (AvgIpc) is 3.16. The number of hydrogen-bond acceptors (Lipinski definition) is 5. The molecule has 0 aliphatic heterocycles. The third-order valence-electron chi connectivity index (χ3n) is 4.54. The van der Waals surface area contributed by atoms with Gasteiger partial charge in [-0.05, 0) is 45.9 Å². The second kappa shape index (κ2) is 6.42. The Morgan fingerprint density at radius 3 is 2.78 bits per heavy atom. The van der Waals surface area contributed by atoms with Crippen LogP contribution < -0.4 is 9.47 Å². The minimum absolute atomic E-state index is 0.0178. The molecule has 3 aromatic heterocycles. The molecule has 0 radical (unpaired) electrons. The highest BCUT2D eigenvalue weighted by atomic mass is 16.5. The average molecular weight is 364 g/mol. The van der Waals surface area contributed by atoms with Crippen LogP contribution in [0.2, 0.25) is 0 Å². The van der Waals surface area contributed by atoms with E-state index in [0.29, 0.717) is 17.1 Å². The lowest BCUT2D eigenvalue weighted by atomic mass is 10.1. The molecule has 138 valence electrons. The molecule has 0 aliphatic carbocycles. The molecule has 1 N–H and O–H groups in total. The maximum atomic E-state index is 11.2. The van der Waals surface area contributed by atoms with E-state index in [1.807, 2.05) is 32.9 Å². The predicted octanol–water partition coefficient (Wildman–Crippen LogP) is 3.90. The van der Waals surface area contributed by atoms with Crippen molar-refractivity contribution in [2.24, 2.45) is 0 Å². The quantitative estimate of drug-likeness (QED) is 0.581. The number of ketones is 1. The normalized spacial score (nSPS) is 11.3. The third kappa shape index (κ3) is 3.01. The number of aryl methyl sites for hydroxylation is 3. The van der Waals surface area contributed by atoms with Crippen LogP contribution in [0.15, 0.2) is 30.7 Å². The fourth-order valence-electron chi connectivity index (χ4n) is 3.19. The number of ether oxygens (including phenoxy) is 2. The number of carbonyl (C=O) groups is 1. The summed E-state index contributed by atoms with van der Waals surface area (Å²) in [6.07, 6.45) is 3.17. The first-order valence-electron chi connectivity index (χ1n) is 8.66. The van der Waals surface area contributed by atoms with E-state index in [9.17, 15) is 4.79 Å². The summed E-state index contributed by atoms with van der Waals surface area (Å²) < 4.78 is 13.4. The van der Waals surface area contributed by atoms with Gasteiger partial charge in [-0.1, -0.05) is 0 Å².